The standard InChI is InChI=1S/C17H19N7/c1-5-21-23(9-1)11-15-22-14-10-20-17-13(4-8-19-17)16(14)24(15)12-2-6-18-7-3-12/h1,4-5,8-10,12,18H,2-3,6-7,11H2,(H,19,20). The number of imidazole rings is 1. The molecule has 0 spiro atoms. The van der Waals surface area contributed by atoms with E-state index in [0.717, 1.165) is 48.3 Å². The number of rotatable bonds is 3. The van der Waals surface area contributed by atoms with E-state index < -0.39 is 0 Å². The summed E-state index contributed by atoms with van der Waals surface area (Å²) in [6, 6.07) is 4.51. The summed E-state index contributed by atoms with van der Waals surface area (Å²) in [6.07, 6.45) is 9.85. The van der Waals surface area contributed by atoms with Crippen molar-refractivity contribution in [3.05, 3.63) is 42.7 Å². The summed E-state index contributed by atoms with van der Waals surface area (Å²) in [6.45, 7) is 2.78. The summed E-state index contributed by atoms with van der Waals surface area (Å²) in [5, 5.41) is 8.95. The summed E-state index contributed by atoms with van der Waals surface area (Å²) in [5.74, 6) is 1.05. The van der Waals surface area contributed by atoms with E-state index in [4.69, 9.17) is 4.98 Å². The lowest BCUT2D eigenvalue weighted by Crippen LogP contribution is -2.30. The summed E-state index contributed by atoms with van der Waals surface area (Å²) in [4.78, 5) is 12.6. The molecule has 7 heteroatoms. The van der Waals surface area contributed by atoms with Gasteiger partial charge in [0, 0.05) is 30.0 Å². The lowest BCUT2D eigenvalue weighted by atomic mass is 10.1. The van der Waals surface area contributed by atoms with Gasteiger partial charge in [-0.15, -0.1) is 0 Å². The van der Waals surface area contributed by atoms with Crippen LogP contribution in [0.5, 0.6) is 0 Å². The molecule has 0 amide bonds. The molecule has 1 aliphatic heterocycles. The van der Waals surface area contributed by atoms with Crippen molar-refractivity contribution in [3.8, 4) is 0 Å². The third kappa shape index (κ3) is 2.12. The number of nitrogens with one attached hydrogen (secondary N) is 2. The Labute approximate surface area is 138 Å². The van der Waals surface area contributed by atoms with Crippen LogP contribution in [0.25, 0.3) is 22.1 Å². The van der Waals surface area contributed by atoms with E-state index >= 15 is 0 Å². The van der Waals surface area contributed by atoms with Crippen molar-refractivity contribution in [2.75, 3.05) is 13.1 Å². The first-order valence-corrected chi connectivity index (χ1v) is 8.41. The van der Waals surface area contributed by atoms with Crippen molar-refractivity contribution in [2.45, 2.75) is 25.4 Å². The maximum absolute atomic E-state index is 4.90. The van der Waals surface area contributed by atoms with Crippen LogP contribution in [0.3, 0.4) is 0 Å². The molecular weight excluding hydrogens is 302 g/mol. The second-order valence-electron chi connectivity index (χ2n) is 6.31. The quantitative estimate of drug-likeness (QED) is 0.606. The molecule has 24 heavy (non-hydrogen) atoms. The number of fused-ring (bicyclic) bond motifs is 3. The van der Waals surface area contributed by atoms with Crippen molar-refractivity contribution in [1.82, 2.24) is 34.6 Å². The maximum atomic E-state index is 4.90. The van der Waals surface area contributed by atoms with Crippen LogP contribution in [0, 0.1) is 0 Å². The topological polar surface area (TPSA) is 76.3 Å². The summed E-state index contributed by atoms with van der Waals surface area (Å²) < 4.78 is 4.36. The fourth-order valence-electron chi connectivity index (χ4n) is 3.75. The second-order valence-corrected chi connectivity index (χ2v) is 6.31. The molecule has 0 aliphatic carbocycles. The number of hydrogen-bond acceptors (Lipinski definition) is 4. The average Bonchev–Trinajstić information content (AvgIpc) is 3.34. The third-order valence-corrected chi connectivity index (χ3v) is 4.84. The Kier molecular flexibility index (Phi) is 3.12. The van der Waals surface area contributed by atoms with Gasteiger partial charge in [-0.2, -0.15) is 5.10 Å². The number of hydrogen-bond donors (Lipinski definition) is 2. The summed E-state index contributed by atoms with van der Waals surface area (Å²) >= 11 is 0. The maximum Gasteiger partial charge on any atom is 0.139 e. The molecule has 0 bridgehead atoms. The van der Waals surface area contributed by atoms with Crippen LogP contribution in [0.2, 0.25) is 0 Å². The Morgan fingerprint density at radius 1 is 1.25 bits per heavy atom. The molecule has 4 aromatic heterocycles. The highest BCUT2D eigenvalue weighted by Crippen LogP contribution is 2.31. The van der Waals surface area contributed by atoms with Crippen molar-refractivity contribution in [2.24, 2.45) is 0 Å². The molecule has 0 atom stereocenters. The van der Waals surface area contributed by atoms with Gasteiger partial charge in [0.1, 0.15) is 17.0 Å². The smallest absolute Gasteiger partial charge is 0.139 e. The number of aromatic amines is 1. The van der Waals surface area contributed by atoms with E-state index in [-0.39, 0.29) is 0 Å². The lowest BCUT2D eigenvalue weighted by Gasteiger charge is -2.26. The van der Waals surface area contributed by atoms with Gasteiger partial charge in [0.2, 0.25) is 0 Å². The van der Waals surface area contributed by atoms with E-state index in [2.05, 4.69) is 31.0 Å². The molecule has 5 heterocycles. The van der Waals surface area contributed by atoms with Gasteiger partial charge in [0.05, 0.1) is 18.3 Å². The zero-order valence-corrected chi connectivity index (χ0v) is 13.3. The molecule has 5 rings (SSSR count). The zero-order valence-electron chi connectivity index (χ0n) is 13.3. The van der Waals surface area contributed by atoms with E-state index in [1.54, 1.807) is 0 Å². The number of pyridine rings is 1. The fraction of sp³-hybridized carbons (Fsp3) is 0.353. The van der Waals surface area contributed by atoms with Crippen molar-refractivity contribution < 1.29 is 0 Å². The highest BCUT2D eigenvalue weighted by Gasteiger charge is 2.23. The fourth-order valence-corrected chi connectivity index (χ4v) is 3.75. The predicted octanol–water partition coefficient (Wildman–Crippen LogP) is 2.08. The van der Waals surface area contributed by atoms with Crippen LogP contribution >= 0.6 is 0 Å². The van der Waals surface area contributed by atoms with Gasteiger partial charge in [-0.25, -0.2) is 9.97 Å². The van der Waals surface area contributed by atoms with Gasteiger partial charge in [-0.1, -0.05) is 0 Å². The minimum Gasteiger partial charge on any atom is -0.346 e. The molecule has 0 saturated carbocycles. The SMILES string of the molecule is c1cnn(Cc2nc3cnc4[nH]ccc4c3n2C2CCNCC2)c1. The highest BCUT2D eigenvalue weighted by atomic mass is 15.3. The van der Waals surface area contributed by atoms with Crippen molar-refractivity contribution >= 4 is 22.1 Å². The molecule has 0 radical (unpaired) electrons. The minimum absolute atomic E-state index is 0.460. The first-order chi connectivity index (χ1) is 11.9. The normalized spacial score (nSPS) is 16.3. The number of H-pyrrole nitrogens is 1. The second kappa shape index (κ2) is 5.45. The Hall–Kier alpha value is -2.67. The first-order valence-electron chi connectivity index (χ1n) is 8.41. The Morgan fingerprint density at radius 2 is 2.17 bits per heavy atom. The highest BCUT2D eigenvalue weighted by molar-refractivity contribution is 6.01. The number of nitrogens with zero attached hydrogens (tertiary/aromatic N) is 5. The van der Waals surface area contributed by atoms with E-state index in [9.17, 15) is 0 Å². The molecule has 1 aliphatic rings. The van der Waals surface area contributed by atoms with Gasteiger partial charge in [0.25, 0.3) is 0 Å². The van der Waals surface area contributed by atoms with Gasteiger partial charge >= 0.3 is 0 Å². The van der Waals surface area contributed by atoms with Crippen LogP contribution in [-0.2, 0) is 6.54 Å². The van der Waals surface area contributed by atoms with Gasteiger partial charge < -0.3 is 14.9 Å². The summed E-state index contributed by atoms with van der Waals surface area (Å²) in [7, 11) is 0. The Morgan fingerprint density at radius 3 is 3.00 bits per heavy atom. The Balaban J connectivity index is 1.74. The Bertz CT molecular complexity index is 973. The number of aromatic nitrogens is 6. The minimum atomic E-state index is 0.460. The molecule has 1 fully saturated rings. The van der Waals surface area contributed by atoms with E-state index in [1.165, 1.54) is 5.52 Å². The number of piperidine rings is 1. The van der Waals surface area contributed by atoms with Crippen LogP contribution in [0.4, 0.5) is 0 Å². The predicted molar refractivity (Wildman–Crippen MR) is 91.9 cm³/mol. The molecule has 7 nitrogen and oxygen atoms in total. The van der Waals surface area contributed by atoms with Crippen LogP contribution in [0.15, 0.2) is 36.9 Å². The first kappa shape index (κ1) is 13.7. The summed E-state index contributed by atoms with van der Waals surface area (Å²) in [5.41, 5.74) is 3.07. The zero-order chi connectivity index (χ0) is 15.9. The molecule has 0 unspecified atom stereocenters. The molecule has 1 saturated heterocycles. The third-order valence-electron chi connectivity index (χ3n) is 4.84. The van der Waals surface area contributed by atoms with Gasteiger partial charge in [-0.05, 0) is 38.1 Å². The van der Waals surface area contributed by atoms with E-state index in [1.807, 2.05) is 35.5 Å². The monoisotopic (exact) mass is 321 g/mol. The molecule has 122 valence electrons. The van der Waals surface area contributed by atoms with E-state index in [0.29, 0.717) is 12.6 Å². The average molecular weight is 321 g/mol. The van der Waals surface area contributed by atoms with Crippen molar-refractivity contribution in [1.29, 1.82) is 0 Å². The van der Waals surface area contributed by atoms with Crippen LogP contribution < -0.4 is 5.32 Å². The molecule has 0 aromatic carbocycles. The van der Waals surface area contributed by atoms with Gasteiger partial charge in [0.15, 0.2) is 0 Å². The molecular formula is C17H19N7. The molecule has 2 N–H and O–H groups in total. The van der Waals surface area contributed by atoms with Crippen molar-refractivity contribution in [3.63, 3.8) is 0 Å². The largest absolute Gasteiger partial charge is 0.346 e. The van der Waals surface area contributed by atoms with Crippen LogP contribution in [0.1, 0.15) is 24.7 Å². The van der Waals surface area contributed by atoms with Crippen LogP contribution in [-0.4, -0.2) is 42.4 Å². The van der Waals surface area contributed by atoms with Gasteiger partial charge in [-0.3, -0.25) is 4.68 Å². The lowest BCUT2D eigenvalue weighted by molar-refractivity contribution is 0.364. The molecule has 4 aromatic rings.